The van der Waals surface area contributed by atoms with Crippen molar-refractivity contribution in [2.75, 3.05) is 16.8 Å². The highest BCUT2D eigenvalue weighted by atomic mass is 32.2. The van der Waals surface area contributed by atoms with E-state index in [1.54, 1.807) is 0 Å². The van der Waals surface area contributed by atoms with E-state index in [1.807, 2.05) is 37.3 Å². The highest BCUT2D eigenvalue weighted by Gasteiger charge is 2.37. The number of thiophene rings is 1. The van der Waals surface area contributed by atoms with Gasteiger partial charge in [-0.1, -0.05) is 30.3 Å². The summed E-state index contributed by atoms with van der Waals surface area (Å²) in [4.78, 5) is 38.3. The maximum absolute atomic E-state index is 13.0. The Balaban J connectivity index is 1.62. The van der Waals surface area contributed by atoms with Gasteiger partial charge in [0.25, 0.3) is 11.8 Å². The highest BCUT2D eigenvalue weighted by Crippen LogP contribution is 2.39. The van der Waals surface area contributed by atoms with Crippen molar-refractivity contribution in [1.82, 2.24) is 5.01 Å². The van der Waals surface area contributed by atoms with Gasteiger partial charge in [0.2, 0.25) is 5.91 Å². The molecule has 2 aromatic rings. The van der Waals surface area contributed by atoms with Gasteiger partial charge in [-0.3, -0.25) is 14.4 Å². The fourth-order valence-corrected chi connectivity index (χ4v) is 6.75. The van der Waals surface area contributed by atoms with Crippen LogP contribution in [0.15, 0.2) is 35.4 Å². The van der Waals surface area contributed by atoms with E-state index in [2.05, 4.69) is 10.4 Å². The van der Waals surface area contributed by atoms with Crippen LogP contribution in [0.3, 0.4) is 0 Å². The lowest BCUT2D eigenvalue weighted by Gasteiger charge is -2.27. The summed E-state index contributed by atoms with van der Waals surface area (Å²) in [6.45, 7) is 1.84. The van der Waals surface area contributed by atoms with E-state index >= 15 is 0 Å². The van der Waals surface area contributed by atoms with Crippen LogP contribution >= 0.6 is 11.3 Å². The maximum atomic E-state index is 13.0. The molecule has 2 aliphatic heterocycles. The Hall–Kier alpha value is -3.05. The first-order valence-electron chi connectivity index (χ1n) is 10.1. The Bertz CT molecular complexity index is 1230. The molecule has 1 saturated heterocycles. The Morgan fingerprint density at radius 3 is 2.56 bits per heavy atom. The molecule has 0 spiro atoms. The molecule has 0 bridgehead atoms. The van der Waals surface area contributed by atoms with E-state index in [0.717, 1.165) is 15.4 Å². The number of anilines is 1. The number of carbonyl (C=O) groups is 3. The zero-order chi connectivity index (χ0) is 23.0. The van der Waals surface area contributed by atoms with Crippen molar-refractivity contribution in [3.8, 4) is 11.1 Å². The Morgan fingerprint density at radius 2 is 1.94 bits per heavy atom. The van der Waals surface area contributed by atoms with Crippen molar-refractivity contribution in [3.63, 3.8) is 0 Å². The van der Waals surface area contributed by atoms with Crippen molar-refractivity contribution in [2.45, 2.75) is 32.2 Å². The molecule has 3 N–H and O–H groups in total. The fourth-order valence-electron chi connectivity index (χ4n) is 3.98. The minimum Gasteiger partial charge on any atom is -0.365 e. The van der Waals surface area contributed by atoms with Gasteiger partial charge in [-0.15, -0.1) is 11.3 Å². The zero-order valence-electron chi connectivity index (χ0n) is 17.3. The number of sulfone groups is 1. The molecule has 1 fully saturated rings. The molecule has 1 atom stereocenters. The van der Waals surface area contributed by atoms with E-state index in [1.165, 1.54) is 11.3 Å². The lowest BCUT2D eigenvalue weighted by Crippen LogP contribution is -2.42. The average molecular weight is 475 g/mol. The molecule has 2 aliphatic rings. The quantitative estimate of drug-likeness (QED) is 0.682. The smallest absolute Gasteiger partial charge is 0.272 e. The molecule has 1 aromatic carbocycles. The summed E-state index contributed by atoms with van der Waals surface area (Å²) in [5, 5.41) is 8.35. The van der Waals surface area contributed by atoms with Gasteiger partial charge in [0.15, 0.2) is 9.84 Å². The van der Waals surface area contributed by atoms with Gasteiger partial charge < -0.3 is 11.1 Å². The number of amides is 3. The minimum atomic E-state index is -3.21. The predicted octanol–water partition coefficient (Wildman–Crippen LogP) is 1.93. The Kier molecular flexibility index (Phi) is 5.87. The van der Waals surface area contributed by atoms with Crippen molar-refractivity contribution in [3.05, 3.63) is 40.8 Å². The monoisotopic (exact) mass is 474 g/mol. The molecule has 4 rings (SSSR count). The topological polar surface area (TPSA) is 139 Å². The van der Waals surface area contributed by atoms with E-state index in [-0.39, 0.29) is 41.5 Å². The van der Waals surface area contributed by atoms with Gasteiger partial charge in [-0.2, -0.15) is 5.10 Å². The Morgan fingerprint density at radius 1 is 1.22 bits per heavy atom. The number of rotatable bonds is 5. The van der Waals surface area contributed by atoms with Gasteiger partial charge in [0.1, 0.15) is 10.7 Å². The SMILES string of the molecule is Cc1sc(NC(=O)C2=NN(C3CCS(=O)(=O)C3)C(=O)CC2)c(C(N)=O)c1-c1ccccc1. The molecule has 0 aliphatic carbocycles. The number of benzene rings is 1. The van der Waals surface area contributed by atoms with Crippen LogP contribution in [0.25, 0.3) is 11.1 Å². The van der Waals surface area contributed by atoms with E-state index in [4.69, 9.17) is 5.73 Å². The summed E-state index contributed by atoms with van der Waals surface area (Å²) in [7, 11) is -3.21. The number of hydrogen-bond acceptors (Lipinski definition) is 7. The molecule has 0 radical (unpaired) electrons. The van der Waals surface area contributed by atoms with Crippen LogP contribution in [0.5, 0.6) is 0 Å². The van der Waals surface area contributed by atoms with Gasteiger partial charge in [0.05, 0.1) is 23.1 Å². The third-order valence-corrected chi connectivity index (χ3v) is 8.27. The molecular weight excluding hydrogens is 452 g/mol. The molecule has 168 valence electrons. The van der Waals surface area contributed by atoms with Crippen molar-refractivity contribution in [1.29, 1.82) is 0 Å². The van der Waals surface area contributed by atoms with Gasteiger partial charge >= 0.3 is 0 Å². The van der Waals surface area contributed by atoms with Crippen LogP contribution < -0.4 is 11.1 Å². The fraction of sp³-hybridized carbons (Fsp3) is 0.333. The number of aryl methyl sites for hydroxylation is 1. The minimum absolute atomic E-state index is 0.00277. The van der Waals surface area contributed by atoms with Crippen molar-refractivity contribution < 1.29 is 22.8 Å². The third-order valence-electron chi connectivity index (χ3n) is 5.50. The number of nitrogens with zero attached hydrogens (tertiary/aromatic N) is 2. The van der Waals surface area contributed by atoms with Crippen LogP contribution in [0.2, 0.25) is 0 Å². The zero-order valence-corrected chi connectivity index (χ0v) is 19.0. The first kappa shape index (κ1) is 22.2. The van der Waals surface area contributed by atoms with Crippen molar-refractivity contribution in [2.24, 2.45) is 10.8 Å². The van der Waals surface area contributed by atoms with Crippen LogP contribution in [-0.2, 0) is 19.4 Å². The number of primary amides is 1. The number of nitrogens with one attached hydrogen (secondary N) is 1. The normalized spacial score (nSPS) is 20.2. The molecule has 1 aromatic heterocycles. The summed E-state index contributed by atoms with van der Waals surface area (Å²) < 4.78 is 23.6. The van der Waals surface area contributed by atoms with E-state index in [0.29, 0.717) is 17.0 Å². The number of nitrogens with two attached hydrogens (primary N) is 1. The van der Waals surface area contributed by atoms with Gasteiger partial charge in [0, 0.05) is 23.3 Å². The lowest BCUT2D eigenvalue weighted by atomic mass is 10.0. The summed E-state index contributed by atoms with van der Waals surface area (Å²) >= 11 is 1.24. The molecule has 3 heterocycles. The summed E-state index contributed by atoms with van der Waals surface area (Å²) in [6, 6.07) is 8.71. The molecule has 0 saturated carbocycles. The van der Waals surface area contributed by atoms with Crippen LogP contribution in [0, 0.1) is 6.92 Å². The van der Waals surface area contributed by atoms with Gasteiger partial charge in [-0.05, 0) is 18.9 Å². The second-order valence-electron chi connectivity index (χ2n) is 7.76. The number of carbonyl (C=O) groups excluding carboxylic acids is 3. The Labute approximate surface area is 189 Å². The summed E-state index contributed by atoms with van der Waals surface area (Å²) in [5.74, 6) is -1.68. The maximum Gasteiger partial charge on any atom is 0.272 e. The average Bonchev–Trinajstić information content (AvgIpc) is 3.27. The number of hydrazone groups is 1. The second-order valence-corrected chi connectivity index (χ2v) is 11.2. The van der Waals surface area contributed by atoms with E-state index in [9.17, 15) is 22.8 Å². The molecule has 9 nitrogen and oxygen atoms in total. The highest BCUT2D eigenvalue weighted by molar-refractivity contribution is 7.91. The third kappa shape index (κ3) is 4.30. The van der Waals surface area contributed by atoms with Crippen LogP contribution in [0.4, 0.5) is 5.00 Å². The van der Waals surface area contributed by atoms with Crippen LogP contribution in [-0.4, -0.2) is 54.4 Å². The summed E-state index contributed by atoms with van der Waals surface area (Å²) in [5.41, 5.74) is 7.45. The molecular formula is C21H22N4O5S2. The van der Waals surface area contributed by atoms with Crippen LogP contribution in [0.1, 0.15) is 34.5 Å². The molecule has 3 amide bonds. The molecule has 11 heteroatoms. The first-order chi connectivity index (χ1) is 15.2. The predicted molar refractivity (Wildman–Crippen MR) is 122 cm³/mol. The lowest BCUT2D eigenvalue weighted by molar-refractivity contribution is -0.133. The molecule has 1 unspecified atom stereocenters. The van der Waals surface area contributed by atoms with Crippen molar-refractivity contribution >= 4 is 49.6 Å². The first-order valence-corrected chi connectivity index (χ1v) is 12.7. The van der Waals surface area contributed by atoms with E-state index < -0.39 is 27.7 Å². The largest absolute Gasteiger partial charge is 0.365 e. The number of hydrogen-bond donors (Lipinski definition) is 2. The van der Waals surface area contributed by atoms with Gasteiger partial charge in [-0.25, -0.2) is 13.4 Å². The molecule has 32 heavy (non-hydrogen) atoms. The standard InChI is InChI=1S/C21H22N4O5S2/c1-12-17(13-5-3-2-4-6-13)18(19(22)27)21(31-12)23-20(28)15-7-8-16(26)25(24-15)14-9-10-32(29,30)11-14/h2-6,14H,7-11H2,1H3,(H2,22,27)(H,23,28). The second kappa shape index (κ2) is 8.47. The summed E-state index contributed by atoms with van der Waals surface area (Å²) in [6.07, 6.45) is 0.482.